The molecule has 0 nitrogen and oxygen atoms in total. The van der Waals surface area contributed by atoms with Crippen LogP contribution in [0.3, 0.4) is 0 Å². The summed E-state index contributed by atoms with van der Waals surface area (Å²) in [7, 11) is 0. The van der Waals surface area contributed by atoms with Crippen molar-refractivity contribution in [3.8, 4) is 0 Å². The van der Waals surface area contributed by atoms with Crippen LogP contribution in [0.1, 0.15) is 5.56 Å². The van der Waals surface area contributed by atoms with Crippen molar-refractivity contribution in [2.75, 3.05) is 0 Å². The molecule has 2 heteroatoms. The summed E-state index contributed by atoms with van der Waals surface area (Å²) < 4.78 is 0. The molecule has 0 heterocycles. The van der Waals surface area contributed by atoms with E-state index in [1.165, 1.54) is 0 Å². The molecule has 0 amide bonds. The summed E-state index contributed by atoms with van der Waals surface area (Å²) in [5, 5.41) is 0. The summed E-state index contributed by atoms with van der Waals surface area (Å²) in [4.78, 5) is 0. The van der Waals surface area contributed by atoms with Crippen molar-refractivity contribution in [1.29, 1.82) is 0 Å². The predicted octanol–water partition coefficient (Wildman–Crippen LogP) is -1.25. The van der Waals surface area contributed by atoms with E-state index in [0.29, 0.717) is 0 Å². The summed E-state index contributed by atoms with van der Waals surface area (Å²) in [6.45, 7) is 3.60. The Kier molecular flexibility index (Phi) is 9.40. The van der Waals surface area contributed by atoms with E-state index in [1.54, 1.807) is 6.08 Å². The van der Waals surface area contributed by atoms with Crippen LogP contribution in [0, 0.1) is 6.07 Å². The third-order valence-electron chi connectivity index (χ3n) is 0.953. The first-order valence-electron chi connectivity index (χ1n) is 2.52. The smallest absolute Gasteiger partial charge is 1.00 e. The number of benzene rings is 1. The third-order valence-corrected chi connectivity index (χ3v) is 0.953. The summed E-state index contributed by atoms with van der Waals surface area (Å²) in [5.74, 6) is 0. The van der Waals surface area contributed by atoms with Gasteiger partial charge in [-0.2, -0.15) is 5.56 Å². The number of hydrogen-bond acceptors (Lipinski definition) is 0. The summed E-state index contributed by atoms with van der Waals surface area (Å²) in [5.41, 5.74) is 1.05. The van der Waals surface area contributed by atoms with Crippen molar-refractivity contribution in [3.63, 3.8) is 0 Å². The van der Waals surface area contributed by atoms with E-state index < -0.39 is 0 Å². The summed E-state index contributed by atoms with van der Waals surface area (Å²) in [6, 6.07) is 10.7. The van der Waals surface area contributed by atoms with Gasteiger partial charge in [0.15, 0.2) is 0 Å². The van der Waals surface area contributed by atoms with Crippen molar-refractivity contribution in [2.45, 2.75) is 0 Å². The maximum Gasteiger partial charge on any atom is 2.00 e. The van der Waals surface area contributed by atoms with Gasteiger partial charge in [0.2, 0.25) is 0 Å². The second-order valence-electron chi connectivity index (χ2n) is 1.52. The van der Waals surface area contributed by atoms with Crippen LogP contribution >= 0.6 is 0 Å². The van der Waals surface area contributed by atoms with E-state index in [2.05, 4.69) is 12.6 Å². The number of rotatable bonds is 1. The van der Waals surface area contributed by atoms with E-state index in [-0.39, 0.29) is 40.0 Å². The molecule has 0 aliphatic carbocycles. The van der Waals surface area contributed by atoms with Crippen LogP contribution in [-0.2, 0) is 0 Å². The molecule has 0 atom stereocenters. The second kappa shape index (κ2) is 7.31. The van der Waals surface area contributed by atoms with Crippen LogP contribution in [0.4, 0.5) is 0 Å². The SMILES string of the molecule is C=Cc1[c-]cccc1.[Br-].[Mg+2]. The predicted molar refractivity (Wildman–Crippen MR) is 41.1 cm³/mol. The van der Waals surface area contributed by atoms with E-state index in [0.717, 1.165) is 5.56 Å². The molecule has 0 radical (unpaired) electrons. The fraction of sp³-hybridized carbons (Fsp3) is 0. The molecule has 0 unspecified atom stereocenters. The normalized spacial score (nSPS) is 6.80. The topological polar surface area (TPSA) is 0 Å². The zero-order chi connectivity index (χ0) is 5.82. The van der Waals surface area contributed by atoms with Crippen LogP contribution in [-0.4, -0.2) is 23.1 Å². The monoisotopic (exact) mass is 206 g/mol. The minimum atomic E-state index is 0. The average Bonchev–Trinajstić information content (AvgIpc) is 1.90. The molecule has 0 aliphatic rings. The van der Waals surface area contributed by atoms with Crippen molar-refractivity contribution in [2.24, 2.45) is 0 Å². The Balaban J connectivity index is 0. The Hall–Kier alpha value is 0.206. The molecule has 1 rings (SSSR count). The summed E-state index contributed by atoms with van der Waals surface area (Å²) >= 11 is 0. The zero-order valence-electron chi connectivity index (χ0n) is 5.68. The molecule has 1 aromatic carbocycles. The largest absolute Gasteiger partial charge is 2.00 e. The van der Waals surface area contributed by atoms with Crippen LogP contribution in [0.15, 0.2) is 30.8 Å². The second-order valence-corrected chi connectivity index (χ2v) is 1.52. The third kappa shape index (κ3) is 4.09. The molecular formula is C8H7BrMg. The number of hydrogen-bond donors (Lipinski definition) is 0. The quantitative estimate of drug-likeness (QED) is 0.399. The van der Waals surface area contributed by atoms with Gasteiger partial charge in [0.05, 0.1) is 0 Å². The molecule has 10 heavy (non-hydrogen) atoms. The average molecular weight is 207 g/mol. The van der Waals surface area contributed by atoms with Crippen molar-refractivity contribution < 1.29 is 17.0 Å². The molecule has 0 aliphatic heterocycles. The first-order chi connectivity index (χ1) is 3.93. The zero-order valence-corrected chi connectivity index (χ0v) is 8.68. The van der Waals surface area contributed by atoms with Gasteiger partial charge in [-0.15, -0.1) is 43.0 Å². The molecule has 0 saturated heterocycles. The maximum atomic E-state index is 3.60. The Morgan fingerprint density at radius 2 is 2.10 bits per heavy atom. The van der Waals surface area contributed by atoms with Crippen molar-refractivity contribution in [3.05, 3.63) is 42.5 Å². The minimum absolute atomic E-state index is 0. The minimum Gasteiger partial charge on any atom is -1.00 e. The van der Waals surface area contributed by atoms with Gasteiger partial charge >= 0.3 is 23.1 Å². The van der Waals surface area contributed by atoms with E-state index in [9.17, 15) is 0 Å². The molecule has 0 fully saturated rings. The molecule has 0 aromatic heterocycles. The van der Waals surface area contributed by atoms with E-state index >= 15 is 0 Å². The van der Waals surface area contributed by atoms with Gasteiger partial charge in [0.1, 0.15) is 0 Å². The van der Waals surface area contributed by atoms with Crippen LogP contribution in [0.25, 0.3) is 6.08 Å². The fourth-order valence-electron chi connectivity index (χ4n) is 0.534. The van der Waals surface area contributed by atoms with Crippen LogP contribution in [0.2, 0.25) is 0 Å². The molecular weight excluding hydrogens is 200 g/mol. The van der Waals surface area contributed by atoms with Gasteiger partial charge in [0.25, 0.3) is 0 Å². The Morgan fingerprint density at radius 3 is 2.40 bits per heavy atom. The fourth-order valence-corrected chi connectivity index (χ4v) is 0.534. The summed E-state index contributed by atoms with van der Waals surface area (Å²) in [6.07, 6.45) is 1.78. The molecule has 0 N–H and O–H groups in total. The molecule has 0 spiro atoms. The van der Waals surface area contributed by atoms with Gasteiger partial charge in [-0.3, -0.25) is 0 Å². The Labute approximate surface area is 88.3 Å². The van der Waals surface area contributed by atoms with E-state index in [1.807, 2.05) is 24.3 Å². The van der Waals surface area contributed by atoms with Crippen molar-refractivity contribution in [1.82, 2.24) is 0 Å². The molecule has 0 bridgehead atoms. The molecule has 48 valence electrons. The standard InChI is InChI=1S/C8H7.BrH.Mg/c1-2-8-6-4-3-5-7-8;;/h2-6H,1H2;1H;/q-1;;+2/p-1. The van der Waals surface area contributed by atoms with Gasteiger partial charge in [-0.25, -0.2) is 0 Å². The van der Waals surface area contributed by atoms with Crippen LogP contribution in [0.5, 0.6) is 0 Å². The van der Waals surface area contributed by atoms with Gasteiger partial charge in [0, 0.05) is 0 Å². The van der Waals surface area contributed by atoms with Crippen molar-refractivity contribution >= 4 is 29.1 Å². The Bertz CT molecular complexity index is 172. The molecule has 1 aromatic rings. The van der Waals surface area contributed by atoms with Gasteiger partial charge in [-0.05, 0) is 0 Å². The first-order valence-corrected chi connectivity index (χ1v) is 2.52. The van der Waals surface area contributed by atoms with Crippen LogP contribution < -0.4 is 17.0 Å². The number of halogens is 1. The Morgan fingerprint density at radius 1 is 1.40 bits per heavy atom. The van der Waals surface area contributed by atoms with Gasteiger partial charge in [-0.1, -0.05) is 0 Å². The van der Waals surface area contributed by atoms with Gasteiger partial charge < -0.3 is 17.0 Å². The van der Waals surface area contributed by atoms with E-state index in [4.69, 9.17) is 0 Å². The maximum absolute atomic E-state index is 3.60. The molecule has 0 saturated carbocycles. The first kappa shape index (κ1) is 12.8.